The highest BCUT2D eigenvalue weighted by Gasteiger charge is 2.07. The summed E-state index contributed by atoms with van der Waals surface area (Å²) in [6.45, 7) is 0. The number of thiazole rings is 1. The summed E-state index contributed by atoms with van der Waals surface area (Å²) in [5.74, 6) is 0.254. The highest BCUT2D eigenvalue weighted by atomic mass is 32.1. The summed E-state index contributed by atoms with van der Waals surface area (Å²) in [7, 11) is 1.91. The van der Waals surface area contributed by atoms with E-state index in [9.17, 15) is 9.59 Å². The third kappa shape index (κ3) is 3.52. The lowest BCUT2D eigenvalue weighted by atomic mass is 10.2. The van der Waals surface area contributed by atoms with E-state index in [1.165, 1.54) is 11.3 Å². The van der Waals surface area contributed by atoms with Gasteiger partial charge in [0, 0.05) is 19.9 Å². The first-order valence-corrected chi connectivity index (χ1v) is 9.28. The van der Waals surface area contributed by atoms with E-state index < -0.39 is 0 Å². The van der Waals surface area contributed by atoms with Crippen LogP contribution in [0.1, 0.15) is 12.2 Å². The Bertz CT molecular complexity index is 1270. The molecule has 0 atom stereocenters. The number of para-hydroxylation sites is 2. The number of carbonyl (C=O) groups is 1. The smallest absolute Gasteiger partial charge is 0.258 e. The zero-order valence-corrected chi connectivity index (χ0v) is 15.4. The molecule has 0 bridgehead atoms. The van der Waals surface area contributed by atoms with Gasteiger partial charge in [0.2, 0.25) is 10.7 Å². The van der Waals surface area contributed by atoms with E-state index in [0.717, 1.165) is 10.2 Å². The van der Waals surface area contributed by atoms with Crippen LogP contribution >= 0.6 is 11.3 Å². The topological polar surface area (TPSA) is 92.1 Å². The predicted octanol–water partition coefficient (Wildman–Crippen LogP) is 2.04. The van der Waals surface area contributed by atoms with Gasteiger partial charge in [-0.05, 0) is 24.3 Å². The second kappa shape index (κ2) is 7.16. The second-order valence-corrected chi connectivity index (χ2v) is 7.10. The molecule has 1 amide bonds. The number of carbonyl (C=O) groups excluding carboxylic acids is 1. The fourth-order valence-corrected chi connectivity index (χ4v) is 3.82. The first kappa shape index (κ1) is 17.2. The Balaban J connectivity index is 1.47. The van der Waals surface area contributed by atoms with E-state index in [1.54, 1.807) is 18.2 Å². The molecule has 0 radical (unpaired) electrons. The summed E-state index contributed by atoms with van der Waals surface area (Å²) in [6, 6.07) is 15.1. The van der Waals surface area contributed by atoms with Gasteiger partial charge in [0.05, 0.1) is 21.1 Å². The number of hydrogen-bond acceptors (Lipinski definition) is 5. The lowest BCUT2D eigenvalue weighted by Gasteiger charge is -2.02. The number of benzene rings is 2. The third-order valence-corrected chi connectivity index (χ3v) is 5.35. The van der Waals surface area contributed by atoms with Crippen LogP contribution in [0.15, 0.2) is 58.4 Å². The Morgan fingerprint density at radius 3 is 2.85 bits per heavy atom. The molecule has 0 aliphatic heterocycles. The Labute approximate surface area is 158 Å². The average Bonchev–Trinajstić information content (AvgIpc) is 3.01. The van der Waals surface area contributed by atoms with Crippen molar-refractivity contribution in [2.24, 2.45) is 12.1 Å². The number of aromatic nitrogens is 3. The maximum absolute atomic E-state index is 12.1. The largest absolute Gasteiger partial charge is 0.318 e. The summed E-state index contributed by atoms with van der Waals surface area (Å²) in [5.41, 5.74) is 4.07. The Morgan fingerprint density at radius 2 is 2.00 bits per heavy atom. The van der Waals surface area contributed by atoms with E-state index in [4.69, 9.17) is 0 Å². The van der Waals surface area contributed by atoms with Crippen LogP contribution in [0.25, 0.3) is 21.1 Å². The molecular weight excluding hydrogens is 362 g/mol. The SMILES string of the molecule is Cn1/c(=N/NC(=O)CCc2nc3ccccc3c(=O)[nH]2)sc2ccccc21. The maximum Gasteiger partial charge on any atom is 0.258 e. The average molecular weight is 379 g/mol. The van der Waals surface area contributed by atoms with Crippen LogP contribution in [-0.4, -0.2) is 20.4 Å². The van der Waals surface area contributed by atoms with Crippen molar-refractivity contribution in [3.8, 4) is 0 Å². The molecule has 0 saturated heterocycles. The normalized spacial score (nSPS) is 12.0. The van der Waals surface area contributed by atoms with E-state index in [2.05, 4.69) is 20.5 Å². The highest BCUT2D eigenvalue weighted by Crippen LogP contribution is 2.14. The molecule has 4 aromatic rings. The predicted molar refractivity (Wildman–Crippen MR) is 105 cm³/mol. The molecule has 0 fully saturated rings. The molecular formula is C19H17N5O2S. The van der Waals surface area contributed by atoms with E-state index in [1.807, 2.05) is 41.9 Å². The fourth-order valence-electron chi connectivity index (χ4n) is 2.84. The van der Waals surface area contributed by atoms with Crippen LogP contribution in [0, 0.1) is 0 Å². The van der Waals surface area contributed by atoms with Crippen LogP contribution < -0.4 is 15.8 Å². The molecule has 8 heteroatoms. The quantitative estimate of drug-likeness (QED) is 0.532. The minimum Gasteiger partial charge on any atom is -0.318 e. The molecule has 136 valence electrons. The minimum absolute atomic E-state index is 0.180. The monoisotopic (exact) mass is 379 g/mol. The van der Waals surface area contributed by atoms with Crippen molar-refractivity contribution in [1.82, 2.24) is 20.0 Å². The van der Waals surface area contributed by atoms with Crippen molar-refractivity contribution in [2.45, 2.75) is 12.8 Å². The van der Waals surface area contributed by atoms with Gasteiger partial charge in [-0.3, -0.25) is 9.59 Å². The lowest BCUT2D eigenvalue weighted by molar-refractivity contribution is -0.121. The molecule has 0 aliphatic carbocycles. The molecule has 0 spiro atoms. The van der Waals surface area contributed by atoms with Crippen molar-refractivity contribution in [1.29, 1.82) is 0 Å². The van der Waals surface area contributed by atoms with Gasteiger partial charge in [-0.2, -0.15) is 0 Å². The lowest BCUT2D eigenvalue weighted by Crippen LogP contribution is -2.24. The number of H-pyrrole nitrogens is 1. The third-order valence-electron chi connectivity index (χ3n) is 4.24. The van der Waals surface area contributed by atoms with E-state index in [0.29, 0.717) is 27.9 Å². The zero-order chi connectivity index (χ0) is 18.8. The number of nitrogens with zero attached hydrogens (tertiary/aromatic N) is 3. The molecule has 0 aliphatic rings. The van der Waals surface area contributed by atoms with Crippen LogP contribution in [0.4, 0.5) is 0 Å². The molecule has 2 aromatic carbocycles. The van der Waals surface area contributed by atoms with Gasteiger partial charge < -0.3 is 9.55 Å². The van der Waals surface area contributed by atoms with Gasteiger partial charge in [-0.15, -0.1) is 5.10 Å². The zero-order valence-electron chi connectivity index (χ0n) is 14.6. The summed E-state index contributed by atoms with van der Waals surface area (Å²) >= 11 is 1.51. The van der Waals surface area contributed by atoms with E-state index >= 15 is 0 Å². The Hall–Kier alpha value is -3.26. The molecule has 0 unspecified atom stereocenters. The van der Waals surface area contributed by atoms with Crippen LogP contribution in [-0.2, 0) is 18.3 Å². The molecule has 4 rings (SSSR count). The fraction of sp³-hybridized carbons (Fsp3) is 0.158. The first-order valence-electron chi connectivity index (χ1n) is 8.47. The Kier molecular flexibility index (Phi) is 4.55. The number of hydrogen-bond donors (Lipinski definition) is 2. The van der Waals surface area contributed by atoms with Gasteiger partial charge in [0.1, 0.15) is 5.82 Å². The van der Waals surface area contributed by atoms with Gasteiger partial charge >= 0.3 is 0 Å². The second-order valence-electron chi connectivity index (χ2n) is 6.09. The number of amides is 1. The summed E-state index contributed by atoms with van der Waals surface area (Å²) in [4.78, 5) is 32.0. The number of rotatable bonds is 4. The molecule has 7 nitrogen and oxygen atoms in total. The van der Waals surface area contributed by atoms with Crippen molar-refractivity contribution in [3.63, 3.8) is 0 Å². The number of nitrogens with one attached hydrogen (secondary N) is 2. The van der Waals surface area contributed by atoms with Crippen molar-refractivity contribution >= 4 is 38.4 Å². The summed E-state index contributed by atoms with van der Waals surface area (Å²) < 4.78 is 3.04. The summed E-state index contributed by atoms with van der Waals surface area (Å²) in [5, 5.41) is 4.75. The molecule has 27 heavy (non-hydrogen) atoms. The highest BCUT2D eigenvalue weighted by molar-refractivity contribution is 7.16. The van der Waals surface area contributed by atoms with Gasteiger partial charge in [0.25, 0.3) is 5.56 Å². The standard InChI is InChI=1S/C19H17N5O2S/c1-24-14-8-4-5-9-15(14)27-19(24)23-22-17(25)11-10-16-20-13-7-3-2-6-12(13)18(26)21-16/h2-9H,10-11H2,1H3,(H,22,25)(H,20,21,26)/b23-19-. The number of aromatic amines is 1. The Morgan fingerprint density at radius 1 is 1.22 bits per heavy atom. The summed E-state index contributed by atoms with van der Waals surface area (Å²) in [6.07, 6.45) is 0.513. The van der Waals surface area contributed by atoms with Gasteiger partial charge in [-0.1, -0.05) is 35.6 Å². The molecule has 0 saturated carbocycles. The number of aryl methyl sites for hydroxylation is 2. The van der Waals surface area contributed by atoms with Crippen molar-refractivity contribution in [2.75, 3.05) is 0 Å². The molecule has 2 N–H and O–H groups in total. The molecule has 2 aromatic heterocycles. The van der Waals surface area contributed by atoms with Crippen LogP contribution in [0.3, 0.4) is 0 Å². The number of fused-ring (bicyclic) bond motifs is 2. The van der Waals surface area contributed by atoms with Gasteiger partial charge in [0.15, 0.2) is 0 Å². The van der Waals surface area contributed by atoms with Crippen molar-refractivity contribution < 1.29 is 4.79 Å². The molecule has 2 heterocycles. The van der Waals surface area contributed by atoms with E-state index in [-0.39, 0.29) is 17.9 Å². The minimum atomic E-state index is -0.233. The first-order chi connectivity index (χ1) is 13.1. The van der Waals surface area contributed by atoms with Crippen LogP contribution in [0.2, 0.25) is 0 Å². The van der Waals surface area contributed by atoms with Gasteiger partial charge in [-0.25, -0.2) is 10.4 Å². The van der Waals surface area contributed by atoms with Crippen LogP contribution in [0.5, 0.6) is 0 Å². The maximum atomic E-state index is 12.1. The van der Waals surface area contributed by atoms with Crippen molar-refractivity contribution in [3.05, 3.63) is 69.5 Å².